The van der Waals surface area contributed by atoms with Crippen LogP contribution >= 0.6 is 0 Å². The lowest BCUT2D eigenvalue weighted by molar-refractivity contribution is 0.413. The molecule has 0 spiro atoms. The van der Waals surface area contributed by atoms with Gasteiger partial charge in [0.2, 0.25) is 0 Å². The van der Waals surface area contributed by atoms with E-state index in [0.29, 0.717) is 29.4 Å². The van der Waals surface area contributed by atoms with Crippen LogP contribution < -0.4 is 22.2 Å². The van der Waals surface area contributed by atoms with Crippen LogP contribution in [0.2, 0.25) is 0 Å². The molecule has 0 saturated heterocycles. The van der Waals surface area contributed by atoms with E-state index in [2.05, 4.69) is 29.1 Å². The molecule has 0 amide bonds. The fourth-order valence-electron chi connectivity index (χ4n) is 2.06. The Kier molecular flexibility index (Phi) is 4.24. The molecule has 20 heavy (non-hydrogen) atoms. The Morgan fingerprint density at radius 1 is 1.15 bits per heavy atom. The van der Waals surface area contributed by atoms with Crippen LogP contribution in [-0.2, 0) is 0 Å². The monoisotopic (exact) mass is 276 g/mol. The van der Waals surface area contributed by atoms with Gasteiger partial charge in [0.15, 0.2) is 0 Å². The predicted octanol–water partition coefficient (Wildman–Crippen LogP) is 0.859. The largest absolute Gasteiger partial charge is 0.385 e. The van der Waals surface area contributed by atoms with Crippen molar-refractivity contribution >= 4 is 16.7 Å². The normalized spacial score (nSPS) is 12.8. The summed E-state index contributed by atoms with van der Waals surface area (Å²) in [6.07, 6.45) is 0. The Morgan fingerprint density at radius 2 is 1.80 bits per heavy atom. The molecule has 1 heterocycles. The third kappa shape index (κ3) is 3.08. The summed E-state index contributed by atoms with van der Waals surface area (Å²) in [6, 6.07) is 5.44. The van der Waals surface area contributed by atoms with Crippen LogP contribution in [0.3, 0.4) is 0 Å². The van der Waals surface area contributed by atoms with Gasteiger partial charge in [-0.1, -0.05) is 13.8 Å². The molecule has 0 saturated carbocycles. The first-order valence-electron chi connectivity index (χ1n) is 6.71. The fraction of sp³-hybridized carbons (Fsp3) is 0.429. The standard InChI is InChI=1S/C14H20N4O2/c1-8(2)9(6-15)7-16-10-3-4-11-12(5-10)18-14(20)13(19)17-11/h3-5,8-9,16H,6-7,15H2,1-2H3,(H,17,19)(H,18,20). The molecule has 108 valence electrons. The van der Waals surface area contributed by atoms with Crippen LogP contribution in [0.25, 0.3) is 11.0 Å². The van der Waals surface area contributed by atoms with Crippen molar-refractivity contribution in [2.45, 2.75) is 13.8 Å². The Balaban J connectivity index is 2.22. The number of aromatic nitrogens is 2. The van der Waals surface area contributed by atoms with Gasteiger partial charge in [-0.2, -0.15) is 0 Å². The van der Waals surface area contributed by atoms with Crippen molar-refractivity contribution < 1.29 is 0 Å². The van der Waals surface area contributed by atoms with Crippen LogP contribution in [0.5, 0.6) is 0 Å². The second-order valence-corrected chi connectivity index (χ2v) is 5.29. The third-order valence-electron chi connectivity index (χ3n) is 3.54. The first-order chi connectivity index (χ1) is 9.51. The van der Waals surface area contributed by atoms with E-state index >= 15 is 0 Å². The van der Waals surface area contributed by atoms with E-state index in [1.165, 1.54) is 0 Å². The molecule has 0 aliphatic rings. The molecule has 0 radical (unpaired) electrons. The van der Waals surface area contributed by atoms with Crippen molar-refractivity contribution in [3.8, 4) is 0 Å². The summed E-state index contributed by atoms with van der Waals surface area (Å²) in [5.41, 5.74) is 6.56. The van der Waals surface area contributed by atoms with Gasteiger partial charge in [-0.15, -0.1) is 0 Å². The minimum Gasteiger partial charge on any atom is -0.385 e. The molecule has 1 unspecified atom stereocenters. The van der Waals surface area contributed by atoms with Crippen LogP contribution in [0, 0.1) is 11.8 Å². The number of H-pyrrole nitrogens is 2. The lowest BCUT2D eigenvalue weighted by Gasteiger charge is -2.20. The van der Waals surface area contributed by atoms with Gasteiger partial charge in [0.25, 0.3) is 0 Å². The van der Waals surface area contributed by atoms with Gasteiger partial charge in [0.1, 0.15) is 0 Å². The van der Waals surface area contributed by atoms with Crippen molar-refractivity contribution in [2.75, 3.05) is 18.4 Å². The lowest BCUT2D eigenvalue weighted by Crippen LogP contribution is -2.29. The summed E-state index contributed by atoms with van der Waals surface area (Å²) in [5, 5.41) is 3.31. The van der Waals surface area contributed by atoms with Crippen molar-refractivity contribution in [1.82, 2.24) is 9.97 Å². The topological polar surface area (TPSA) is 104 Å². The SMILES string of the molecule is CC(C)C(CN)CNc1ccc2[nH]c(=O)c(=O)[nH]c2c1. The highest BCUT2D eigenvalue weighted by Crippen LogP contribution is 2.16. The van der Waals surface area contributed by atoms with E-state index in [4.69, 9.17) is 5.73 Å². The number of nitrogens with one attached hydrogen (secondary N) is 3. The summed E-state index contributed by atoms with van der Waals surface area (Å²) < 4.78 is 0. The van der Waals surface area contributed by atoms with Crippen molar-refractivity contribution in [1.29, 1.82) is 0 Å². The highest BCUT2D eigenvalue weighted by molar-refractivity contribution is 5.78. The molecule has 2 rings (SSSR count). The van der Waals surface area contributed by atoms with Crippen LogP contribution in [0.15, 0.2) is 27.8 Å². The van der Waals surface area contributed by atoms with Crippen molar-refractivity contribution in [3.05, 3.63) is 38.9 Å². The van der Waals surface area contributed by atoms with E-state index in [0.717, 1.165) is 12.2 Å². The fourth-order valence-corrected chi connectivity index (χ4v) is 2.06. The number of hydrogen-bond donors (Lipinski definition) is 4. The zero-order valence-corrected chi connectivity index (χ0v) is 11.7. The molecule has 5 N–H and O–H groups in total. The summed E-state index contributed by atoms with van der Waals surface area (Å²) >= 11 is 0. The van der Waals surface area contributed by atoms with Gasteiger partial charge in [-0.25, -0.2) is 0 Å². The van der Waals surface area contributed by atoms with Gasteiger partial charge >= 0.3 is 11.1 Å². The Hall–Kier alpha value is -2.08. The first kappa shape index (κ1) is 14.3. The predicted molar refractivity (Wildman–Crippen MR) is 81.1 cm³/mol. The summed E-state index contributed by atoms with van der Waals surface area (Å²) in [4.78, 5) is 27.6. The maximum atomic E-state index is 11.3. The van der Waals surface area contributed by atoms with Gasteiger partial charge in [-0.3, -0.25) is 9.59 Å². The maximum Gasteiger partial charge on any atom is 0.314 e. The highest BCUT2D eigenvalue weighted by Gasteiger charge is 2.11. The molecule has 0 aliphatic heterocycles. The lowest BCUT2D eigenvalue weighted by atomic mass is 9.96. The molecule has 1 aromatic carbocycles. The molecule has 6 nitrogen and oxygen atoms in total. The number of aromatic amines is 2. The van der Waals surface area contributed by atoms with Gasteiger partial charge in [0.05, 0.1) is 11.0 Å². The molecule has 0 fully saturated rings. The van der Waals surface area contributed by atoms with Crippen molar-refractivity contribution in [2.24, 2.45) is 17.6 Å². The Morgan fingerprint density at radius 3 is 2.40 bits per heavy atom. The first-order valence-corrected chi connectivity index (χ1v) is 6.71. The van der Waals surface area contributed by atoms with E-state index in [1.807, 2.05) is 6.07 Å². The van der Waals surface area contributed by atoms with Crippen LogP contribution in [0.1, 0.15) is 13.8 Å². The van der Waals surface area contributed by atoms with Gasteiger partial charge < -0.3 is 21.0 Å². The minimum absolute atomic E-state index is 0.389. The summed E-state index contributed by atoms with van der Waals surface area (Å²) in [5.74, 6) is 0.893. The maximum absolute atomic E-state index is 11.3. The molecule has 0 aliphatic carbocycles. The second kappa shape index (κ2) is 5.92. The smallest absolute Gasteiger partial charge is 0.314 e. The molecule has 1 aromatic heterocycles. The Labute approximate surface area is 116 Å². The van der Waals surface area contributed by atoms with E-state index in [-0.39, 0.29) is 0 Å². The minimum atomic E-state index is -0.642. The zero-order chi connectivity index (χ0) is 14.7. The number of nitrogens with two attached hydrogens (primary N) is 1. The third-order valence-corrected chi connectivity index (χ3v) is 3.54. The average Bonchev–Trinajstić information content (AvgIpc) is 2.40. The number of anilines is 1. The highest BCUT2D eigenvalue weighted by atomic mass is 16.2. The number of hydrogen-bond acceptors (Lipinski definition) is 4. The van der Waals surface area contributed by atoms with Crippen molar-refractivity contribution in [3.63, 3.8) is 0 Å². The molecule has 2 aromatic rings. The van der Waals surface area contributed by atoms with Crippen LogP contribution in [-0.4, -0.2) is 23.1 Å². The van der Waals surface area contributed by atoms with Gasteiger partial charge in [0, 0.05) is 12.2 Å². The average molecular weight is 276 g/mol. The van der Waals surface area contributed by atoms with E-state index in [1.54, 1.807) is 12.1 Å². The molecule has 1 atom stereocenters. The molecule has 0 bridgehead atoms. The number of benzene rings is 1. The zero-order valence-electron chi connectivity index (χ0n) is 11.7. The molecule has 6 heteroatoms. The number of rotatable bonds is 5. The van der Waals surface area contributed by atoms with Crippen LogP contribution in [0.4, 0.5) is 5.69 Å². The summed E-state index contributed by atoms with van der Waals surface area (Å²) in [7, 11) is 0. The second-order valence-electron chi connectivity index (χ2n) is 5.29. The molecular weight excluding hydrogens is 256 g/mol. The van der Waals surface area contributed by atoms with E-state index in [9.17, 15) is 9.59 Å². The number of fused-ring (bicyclic) bond motifs is 1. The van der Waals surface area contributed by atoms with E-state index < -0.39 is 11.1 Å². The van der Waals surface area contributed by atoms with Gasteiger partial charge in [-0.05, 0) is 36.6 Å². The summed E-state index contributed by atoms with van der Waals surface area (Å²) in [6.45, 7) is 5.68. The quantitative estimate of drug-likeness (QED) is 0.608. The molecular formula is C14H20N4O2. The Bertz CT molecular complexity index is 702.